The first kappa shape index (κ1) is 16.3. The molecule has 3 heterocycles. The monoisotopic (exact) mass is 343 g/mol. The van der Waals surface area contributed by atoms with Crippen molar-refractivity contribution in [3.63, 3.8) is 0 Å². The van der Waals surface area contributed by atoms with Crippen LogP contribution in [-0.2, 0) is 6.18 Å². The first-order chi connectivity index (χ1) is 11.4. The Balaban J connectivity index is 1.93. The Morgan fingerprint density at radius 3 is 2.83 bits per heavy atom. The number of nitrogens with zero attached hydrogens (tertiary/aromatic N) is 5. The van der Waals surface area contributed by atoms with E-state index in [-0.39, 0.29) is 11.7 Å². The number of urea groups is 1. The van der Waals surface area contributed by atoms with E-state index < -0.39 is 18.0 Å². The van der Waals surface area contributed by atoms with E-state index in [1.165, 1.54) is 6.07 Å². The second-order valence-electron chi connectivity index (χ2n) is 5.57. The summed E-state index contributed by atoms with van der Waals surface area (Å²) in [5.74, 6) is -0.785. The van der Waals surface area contributed by atoms with E-state index in [0.29, 0.717) is 23.4 Å². The Hall–Kier alpha value is -2.59. The number of aromatic nitrogens is 4. The molecule has 0 aromatic carbocycles. The highest BCUT2D eigenvalue weighted by molar-refractivity contribution is 5.71. The van der Waals surface area contributed by atoms with Crippen molar-refractivity contribution in [1.82, 2.24) is 25.1 Å². The van der Waals surface area contributed by atoms with Crippen LogP contribution in [0.2, 0.25) is 0 Å². The molecule has 2 aromatic heterocycles. The van der Waals surface area contributed by atoms with Crippen molar-refractivity contribution >= 4 is 17.5 Å². The third-order valence-corrected chi connectivity index (χ3v) is 3.94. The number of fused-ring (bicyclic) bond motifs is 1. The quantitative estimate of drug-likeness (QED) is 0.871. The maximum atomic E-state index is 13.0. The van der Waals surface area contributed by atoms with Crippen LogP contribution in [0.3, 0.4) is 0 Å². The van der Waals surface area contributed by atoms with Gasteiger partial charge in [0.2, 0.25) is 0 Å². The number of carbonyl (C=O) groups is 1. The van der Waals surface area contributed by atoms with Gasteiger partial charge >= 0.3 is 12.2 Å². The van der Waals surface area contributed by atoms with Gasteiger partial charge in [-0.15, -0.1) is 15.3 Å². The summed E-state index contributed by atoms with van der Waals surface area (Å²) in [7, 11) is 0. The van der Waals surface area contributed by atoms with E-state index in [2.05, 4.69) is 20.6 Å². The van der Waals surface area contributed by atoms with Crippen molar-refractivity contribution in [3.05, 3.63) is 18.0 Å². The van der Waals surface area contributed by atoms with Crippen molar-refractivity contribution in [2.45, 2.75) is 31.5 Å². The summed E-state index contributed by atoms with van der Waals surface area (Å²) >= 11 is 0. The molecule has 3 rings (SSSR count). The highest BCUT2D eigenvalue weighted by Gasteiger charge is 2.38. The fourth-order valence-corrected chi connectivity index (χ4v) is 2.84. The molecule has 1 unspecified atom stereocenters. The van der Waals surface area contributed by atoms with Crippen LogP contribution >= 0.6 is 0 Å². The molecule has 1 fully saturated rings. The van der Waals surface area contributed by atoms with Crippen LogP contribution in [-0.4, -0.2) is 45.0 Å². The van der Waals surface area contributed by atoms with E-state index in [1.807, 2.05) is 4.90 Å². The minimum Gasteiger partial charge on any atom is -0.352 e. The molecule has 0 bridgehead atoms. The van der Waals surface area contributed by atoms with Crippen LogP contribution in [0, 0.1) is 0 Å². The third-order valence-electron chi connectivity index (χ3n) is 3.94. The third kappa shape index (κ3) is 3.19. The van der Waals surface area contributed by atoms with Gasteiger partial charge in [0.05, 0.1) is 0 Å². The highest BCUT2D eigenvalue weighted by atomic mass is 19.4. The number of anilines is 1. The van der Waals surface area contributed by atoms with Gasteiger partial charge in [-0.1, -0.05) is 0 Å². The highest BCUT2D eigenvalue weighted by Crippen LogP contribution is 2.29. The van der Waals surface area contributed by atoms with Gasteiger partial charge in [0.25, 0.3) is 5.82 Å². The predicted octanol–water partition coefficient (Wildman–Crippen LogP) is 1.17. The van der Waals surface area contributed by atoms with Gasteiger partial charge in [0.15, 0.2) is 5.65 Å². The molecule has 0 spiro atoms. The fraction of sp³-hybridized carbons (Fsp3) is 0.538. The molecule has 24 heavy (non-hydrogen) atoms. The van der Waals surface area contributed by atoms with E-state index in [9.17, 15) is 18.0 Å². The van der Waals surface area contributed by atoms with Crippen LogP contribution in [0.15, 0.2) is 12.1 Å². The van der Waals surface area contributed by atoms with Crippen LogP contribution < -0.4 is 16.0 Å². The van der Waals surface area contributed by atoms with Crippen LogP contribution in [0.25, 0.3) is 5.65 Å². The average molecular weight is 343 g/mol. The molecule has 1 aliphatic rings. The van der Waals surface area contributed by atoms with Gasteiger partial charge in [0.1, 0.15) is 5.82 Å². The molecule has 2 amide bonds. The smallest absolute Gasteiger partial charge is 0.352 e. The van der Waals surface area contributed by atoms with E-state index >= 15 is 0 Å². The molecule has 1 aliphatic heterocycles. The molecule has 0 radical (unpaired) electrons. The van der Waals surface area contributed by atoms with Crippen molar-refractivity contribution < 1.29 is 18.0 Å². The van der Waals surface area contributed by atoms with Crippen molar-refractivity contribution in [2.75, 3.05) is 18.0 Å². The van der Waals surface area contributed by atoms with Gasteiger partial charge in [-0.05, 0) is 31.4 Å². The van der Waals surface area contributed by atoms with E-state index in [0.717, 1.165) is 19.3 Å². The first-order valence-electron chi connectivity index (χ1n) is 7.46. The number of hydrogen-bond donors (Lipinski definition) is 2. The summed E-state index contributed by atoms with van der Waals surface area (Å²) in [6.07, 6.45) is -2.00. The Morgan fingerprint density at radius 1 is 1.33 bits per heavy atom. The van der Waals surface area contributed by atoms with Gasteiger partial charge in [-0.3, -0.25) is 0 Å². The van der Waals surface area contributed by atoms with Crippen LogP contribution in [0.4, 0.5) is 23.8 Å². The SMILES string of the molecule is NC(=O)NCC1CCCCN1c1ccc2nnc(C(F)(F)F)n2n1. The zero-order valence-corrected chi connectivity index (χ0v) is 12.6. The summed E-state index contributed by atoms with van der Waals surface area (Å²) < 4.78 is 39.6. The fourth-order valence-electron chi connectivity index (χ4n) is 2.84. The molecular weight excluding hydrogens is 327 g/mol. The Labute approximate surface area is 134 Å². The number of hydrogen-bond acceptors (Lipinski definition) is 5. The number of rotatable bonds is 3. The molecule has 8 nitrogen and oxygen atoms in total. The standard InChI is InChI=1S/C13H16F3N7O/c14-13(15,16)11-20-19-9-4-5-10(21-23(9)11)22-6-2-1-3-8(22)7-18-12(17)24/h4-5,8H,1-3,6-7H2,(H3,17,18,24). The van der Waals surface area contributed by atoms with Crippen molar-refractivity contribution in [2.24, 2.45) is 5.73 Å². The second-order valence-corrected chi connectivity index (χ2v) is 5.57. The van der Waals surface area contributed by atoms with Gasteiger partial charge < -0.3 is 16.0 Å². The summed E-state index contributed by atoms with van der Waals surface area (Å²) in [6.45, 7) is 0.941. The van der Waals surface area contributed by atoms with Crippen LogP contribution in [0.1, 0.15) is 25.1 Å². The number of nitrogens with two attached hydrogens (primary N) is 1. The normalized spacial score (nSPS) is 18.8. The summed E-state index contributed by atoms with van der Waals surface area (Å²) in [6, 6.07) is 2.33. The number of carbonyl (C=O) groups excluding carboxylic acids is 1. The molecule has 0 saturated carbocycles. The molecule has 1 atom stereocenters. The predicted molar refractivity (Wildman–Crippen MR) is 78.4 cm³/mol. The van der Waals surface area contributed by atoms with Crippen molar-refractivity contribution in [3.8, 4) is 0 Å². The molecular formula is C13H16F3N7O. The lowest BCUT2D eigenvalue weighted by Gasteiger charge is -2.36. The lowest BCUT2D eigenvalue weighted by Crippen LogP contribution is -2.48. The Kier molecular flexibility index (Phi) is 4.16. The largest absolute Gasteiger partial charge is 0.453 e. The number of alkyl halides is 3. The second kappa shape index (κ2) is 6.13. The lowest BCUT2D eigenvalue weighted by atomic mass is 10.0. The zero-order valence-electron chi connectivity index (χ0n) is 12.6. The molecule has 11 heteroatoms. The number of piperidine rings is 1. The first-order valence-corrected chi connectivity index (χ1v) is 7.46. The Morgan fingerprint density at radius 2 is 2.12 bits per heavy atom. The molecule has 130 valence electrons. The average Bonchev–Trinajstić information content (AvgIpc) is 2.96. The van der Waals surface area contributed by atoms with Gasteiger partial charge in [-0.2, -0.15) is 17.7 Å². The summed E-state index contributed by atoms with van der Waals surface area (Å²) in [5, 5.41) is 13.3. The molecule has 3 N–H and O–H groups in total. The van der Waals surface area contributed by atoms with E-state index in [4.69, 9.17) is 5.73 Å². The summed E-state index contributed by atoms with van der Waals surface area (Å²) in [5.41, 5.74) is 5.12. The number of primary amides is 1. The molecule has 1 saturated heterocycles. The van der Waals surface area contributed by atoms with Gasteiger partial charge in [-0.25, -0.2) is 4.79 Å². The van der Waals surface area contributed by atoms with E-state index in [1.54, 1.807) is 6.07 Å². The Bertz CT molecular complexity index is 745. The van der Waals surface area contributed by atoms with Gasteiger partial charge in [0, 0.05) is 19.1 Å². The topological polar surface area (TPSA) is 101 Å². The minimum atomic E-state index is -4.64. The summed E-state index contributed by atoms with van der Waals surface area (Å²) in [4.78, 5) is 12.8. The number of nitrogens with one attached hydrogen (secondary N) is 1. The maximum absolute atomic E-state index is 13.0. The zero-order chi connectivity index (χ0) is 17.3. The molecule has 2 aromatic rings. The van der Waals surface area contributed by atoms with Crippen molar-refractivity contribution in [1.29, 1.82) is 0 Å². The number of halogens is 3. The lowest BCUT2D eigenvalue weighted by molar-refractivity contribution is -0.146. The molecule has 0 aliphatic carbocycles. The van der Waals surface area contributed by atoms with Crippen LogP contribution in [0.5, 0.6) is 0 Å². The maximum Gasteiger partial charge on any atom is 0.453 e. The minimum absolute atomic E-state index is 0.0231. The number of amides is 2.